The predicted molar refractivity (Wildman–Crippen MR) is 159 cm³/mol. The first-order valence-electron chi connectivity index (χ1n) is 15.0. The van der Waals surface area contributed by atoms with Gasteiger partial charge in [0.05, 0.1) is 31.6 Å². The molecule has 4 rings (SSSR count). The van der Waals surface area contributed by atoms with Gasteiger partial charge in [-0.25, -0.2) is 4.79 Å². The van der Waals surface area contributed by atoms with Gasteiger partial charge in [0.1, 0.15) is 30.1 Å². The second kappa shape index (κ2) is 15.9. The summed E-state index contributed by atoms with van der Waals surface area (Å²) in [4.78, 5) is 63.7. The van der Waals surface area contributed by atoms with Crippen molar-refractivity contribution in [3.05, 3.63) is 42.0 Å². The normalized spacial score (nSPS) is 27.5. The number of likely N-dealkylation sites (tertiary alicyclic amines) is 1. The largest absolute Gasteiger partial charge is 0.479 e. The van der Waals surface area contributed by atoms with Crippen LogP contribution >= 0.6 is 0 Å². The molecule has 19 heteroatoms. The van der Waals surface area contributed by atoms with Crippen molar-refractivity contribution in [2.24, 2.45) is 0 Å². The summed E-state index contributed by atoms with van der Waals surface area (Å²) in [5.74, 6) is -4.49. The van der Waals surface area contributed by atoms with E-state index >= 15 is 0 Å². The molecule has 0 bridgehead atoms. The number of carboxylic acid groups (broad SMARTS) is 1. The van der Waals surface area contributed by atoms with Crippen molar-refractivity contribution in [2.75, 3.05) is 32.1 Å². The summed E-state index contributed by atoms with van der Waals surface area (Å²) in [6.45, 7) is -0.747. The fourth-order valence-electron chi connectivity index (χ4n) is 5.49. The molecule has 2 fully saturated rings. The van der Waals surface area contributed by atoms with Crippen LogP contribution in [0.5, 0.6) is 5.75 Å². The molecule has 2 saturated heterocycles. The number of hydrogen-bond acceptors (Lipinski definition) is 13. The number of carboxylic acids is 1. The Balaban J connectivity index is 1.25. The summed E-state index contributed by atoms with van der Waals surface area (Å²) < 4.78 is 46.9. The third-order valence-corrected chi connectivity index (χ3v) is 8.63. The number of imide groups is 1. The molecule has 264 valence electrons. The van der Waals surface area contributed by atoms with Gasteiger partial charge in [-0.1, -0.05) is 12.1 Å². The number of benzene rings is 1. The number of aliphatic hydroxyl groups excluding tert-OH is 3. The van der Waals surface area contributed by atoms with Gasteiger partial charge in [0, 0.05) is 25.1 Å². The molecule has 3 heterocycles. The number of rotatable bonds is 16. The zero-order valence-electron chi connectivity index (χ0n) is 25.5. The number of carbonyl (C=O) groups excluding carboxylic acids is 4. The third-order valence-electron chi connectivity index (χ3n) is 7.95. The Labute approximate surface area is 274 Å². The molecule has 3 aliphatic rings. The fourth-order valence-corrected chi connectivity index (χ4v) is 5.82. The Morgan fingerprint density at radius 1 is 1.02 bits per heavy atom. The number of carbonyl (C=O) groups is 5. The number of hydrogen-bond donors (Lipinski definition) is 6. The second-order valence-corrected chi connectivity index (χ2v) is 13.0. The van der Waals surface area contributed by atoms with Gasteiger partial charge < -0.3 is 44.9 Å². The Kier molecular flexibility index (Phi) is 12.2. The van der Waals surface area contributed by atoms with Crippen LogP contribution in [-0.4, -0.2) is 148 Å². The minimum absolute atomic E-state index is 0.0333. The number of aliphatic hydroxyl groups is 3. The number of unbranched alkanes of at least 4 members (excludes halogenated alkanes) is 1. The monoisotopic (exact) mass is 699 g/mol. The van der Waals surface area contributed by atoms with Crippen LogP contribution in [0.2, 0.25) is 0 Å². The molecule has 7 atom stereocenters. The van der Waals surface area contributed by atoms with Gasteiger partial charge in [-0.3, -0.25) is 28.6 Å². The summed E-state index contributed by atoms with van der Waals surface area (Å²) in [5.41, 5.74) is 0.797. The number of ether oxygens (including phenoxy) is 3. The average molecular weight is 700 g/mol. The van der Waals surface area contributed by atoms with Gasteiger partial charge in [0.25, 0.3) is 21.9 Å². The zero-order chi connectivity index (χ0) is 35.2. The molecule has 0 aliphatic carbocycles. The highest BCUT2D eigenvalue weighted by atomic mass is 32.2. The van der Waals surface area contributed by atoms with E-state index in [1.807, 2.05) is 0 Å². The third kappa shape index (κ3) is 9.34. The smallest absolute Gasteiger partial charge is 0.335 e. The maximum Gasteiger partial charge on any atom is 0.335 e. The van der Waals surface area contributed by atoms with E-state index in [9.17, 15) is 52.8 Å². The fraction of sp³-hybridized carbons (Fsp3) is 0.552. The number of nitrogens with one attached hydrogen (secondary N) is 1. The first-order valence-corrected chi connectivity index (χ1v) is 16.6. The number of aryl methyl sites for hydroxylation is 1. The van der Waals surface area contributed by atoms with Crippen LogP contribution in [0, 0.1) is 0 Å². The van der Waals surface area contributed by atoms with Gasteiger partial charge in [0.2, 0.25) is 18.1 Å². The molecular weight excluding hydrogens is 662 g/mol. The van der Waals surface area contributed by atoms with Gasteiger partial charge in [0.15, 0.2) is 6.10 Å². The molecule has 48 heavy (non-hydrogen) atoms. The van der Waals surface area contributed by atoms with E-state index in [0.29, 0.717) is 19.3 Å². The molecule has 18 nitrogen and oxygen atoms in total. The molecule has 3 aliphatic heterocycles. The van der Waals surface area contributed by atoms with Crippen LogP contribution in [-0.2, 0) is 50.0 Å². The molecule has 4 amide bonds. The molecule has 0 aromatic heterocycles. The van der Waals surface area contributed by atoms with Crippen molar-refractivity contribution in [3.8, 4) is 5.75 Å². The molecule has 6 N–H and O–H groups in total. The van der Waals surface area contributed by atoms with Crippen molar-refractivity contribution in [1.29, 1.82) is 0 Å². The van der Waals surface area contributed by atoms with Gasteiger partial charge >= 0.3 is 5.97 Å². The van der Waals surface area contributed by atoms with Gasteiger partial charge in [-0.15, -0.1) is 0 Å². The lowest BCUT2D eigenvalue weighted by molar-refractivity contribution is -0.271. The summed E-state index contributed by atoms with van der Waals surface area (Å²) in [5, 5.41) is 41.9. The van der Waals surface area contributed by atoms with E-state index in [2.05, 4.69) is 5.32 Å². The number of nitrogens with zero attached hydrogens (tertiary/aromatic N) is 2. The lowest BCUT2D eigenvalue weighted by Crippen LogP contribution is -2.61. The number of amides is 4. The highest BCUT2D eigenvalue weighted by Crippen LogP contribution is 2.27. The van der Waals surface area contributed by atoms with Crippen molar-refractivity contribution < 1.29 is 71.6 Å². The molecule has 1 unspecified atom stereocenters. The van der Waals surface area contributed by atoms with E-state index in [4.69, 9.17) is 18.8 Å². The lowest BCUT2D eigenvalue weighted by atomic mass is 9.99. The Hall–Kier alpha value is -3.98. The summed E-state index contributed by atoms with van der Waals surface area (Å²) >= 11 is 0. The van der Waals surface area contributed by atoms with Gasteiger partial charge in [-0.2, -0.15) is 8.42 Å². The topological polar surface area (TPSA) is 267 Å². The Morgan fingerprint density at radius 3 is 2.40 bits per heavy atom. The summed E-state index contributed by atoms with van der Waals surface area (Å²) in [7, 11) is -4.28. The molecular formula is C29H37N3O15S. The first kappa shape index (κ1) is 36.8. The molecule has 1 aromatic rings. The molecule has 0 saturated carbocycles. The maximum absolute atomic E-state index is 13.2. The van der Waals surface area contributed by atoms with E-state index in [-0.39, 0.29) is 31.9 Å². The van der Waals surface area contributed by atoms with Crippen molar-refractivity contribution >= 4 is 39.7 Å². The van der Waals surface area contributed by atoms with Crippen LogP contribution < -0.4 is 10.1 Å². The van der Waals surface area contributed by atoms with Crippen LogP contribution in [0.4, 0.5) is 0 Å². The summed E-state index contributed by atoms with van der Waals surface area (Å²) in [6, 6.07) is 4.70. The maximum atomic E-state index is 13.2. The highest BCUT2D eigenvalue weighted by Gasteiger charge is 2.49. The van der Waals surface area contributed by atoms with Crippen molar-refractivity contribution in [2.45, 2.75) is 68.5 Å². The zero-order valence-corrected chi connectivity index (χ0v) is 26.3. The van der Waals surface area contributed by atoms with E-state index in [1.165, 1.54) is 11.0 Å². The quantitative estimate of drug-likeness (QED) is 0.0578. The first-order chi connectivity index (χ1) is 22.7. The molecule has 1 aromatic carbocycles. The van der Waals surface area contributed by atoms with E-state index in [1.54, 1.807) is 18.2 Å². The second-order valence-electron chi connectivity index (χ2n) is 11.4. The standard InChI is InChI=1S/C29H37N3O15S/c33-20(14-31-17(15-45-10-11-48(42,43)44)13-19(27(31)39)32-21(34)7-8-22(32)35)30-9-2-1-4-16-5-3-6-18(12-16)46-29-25(38)23(36)24(37)26(47-29)28(40)41/h3,5-8,12,17,19,23-26,29,36-38H,1-2,4,9-11,13-15H2,(H,30,33)(H,40,41)(H,42,43,44)/t17-,19?,23-,24-,25+,26-,29+/m0/s1. The highest BCUT2D eigenvalue weighted by molar-refractivity contribution is 7.85. The van der Waals surface area contributed by atoms with Crippen LogP contribution in [0.1, 0.15) is 24.8 Å². The SMILES string of the molecule is O=C(CN1C(=O)C(N2C(=O)C=CC2=O)C[C@H]1COCCS(=O)(=O)O)NCCCCc1cccc(O[C@@H]2O[C@H](C(=O)O)[C@@H](O)[C@H](O)[C@H]2O)c1. The Bertz CT molecular complexity index is 1500. The minimum atomic E-state index is -4.28. The minimum Gasteiger partial charge on any atom is -0.479 e. The van der Waals surface area contributed by atoms with Crippen LogP contribution in [0.3, 0.4) is 0 Å². The average Bonchev–Trinajstić information content (AvgIpc) is 3.51. The number of aliphatic carboxylic acids is 1. The molecule has 0 spiro atoms. The lowest BCUT2D eigenvalue weighted by Gasteiger charge is -2.38. The predicted octanol–water partition coefficient (Wildman–Crippen LogP) is -2.80. The van der Waals surface area contributed by atoms with E-state index in [0.717, 1.165) is 22.6 Å². The van der Waals surface area contributed by atoms with Crippen molar-refractivity contribution in [3.63, 3.8) is 0 Å². The van der Waals surface area contributed by atoms with Crippen LogP contribution in [0.15, 0.2) is 36.4 Å². The van der Waals surface area contributed by atoms with Crippen molar-refractivity contribution in [1.82, 2.24) is 15.1 Å². The molecule has 0 radical (unpaired) electrons. The Morgan fingerprint density at radius 2 is 1.73 bits per heavy atom. The summed E-state index contributed by atoms with van der Waals surface area (Å²) in [6.07, 6.45) is -5.02. The van der Waals surface area contributed by atoms with Crippen LogP contribution in [0.25, 0.3) is 0 Å². The van der Waals surface area contributed by atoms with Gasteiger partial charge in [-0.05, 0) is 37.0 Å². The van der Waals surface area contributed by atoms with E-state index < -0.39 is 94.8 Å².